The minimum absolute atomic E-state index is 0.804. The van der Waals surface area contributed by atoms with Crippen molar-refractivity contribution in [2.45, 2.75) is 33.5 Å². The van der Waals surface area contributed by atoms with Gasteiger partial charge in [-0.15, -0.1) is 0 Å². The lowest BCUT2D eigenvalue weighted by atomic mass is 10.1. The number of nitrogens with zero attached hydrogens (tertiary/aromatic N) is 4. The molecule has 1 fully saturated rings. The zero-order valence-corrected chi connectivity index (χ0v) is 13.9. The molecule has 2 aliphatic rings. The van der Waals surface area contributed by atoms with Gasteiger partial charge in [0.1, 0.15) is 5.82 Å². The largest absolute Gasteiger partial charge is 0.354 e. The summed E-state index contributed by atoms with van der Waals surface area (Å²) >= 11 is 0. The second-order valence-electron chi connectivity index (χ2n) is 6.48. The Morgan fingerprint density at radius 3 is 2.74 bits per heavy atom. The lowest BCUT2D eigenvalue weighted by molar-refractivity contribution is 0.584. The van der Waals surface area contributed by atoms with E-state index in [1.54, 1.807) is 0 Å². The highest BCUT2D eigenvalue weighted by Gasteiger charge is 2.20. The third-order valence-electron chi connectivity index (χ3n) is 4.93. The topological polar surface area (TPSA) is 58.0 Å². The molecule has 0 aliphatic carbocycles. The van der Waals surface area contributed by atoms with Crippen LogP contribution in [-0.4, -0.2) is 40.9 Å². The highest BCUT2D eigenvalue weighted by Crippen LogP contribution is 2.22. The van der Waals surface area contributed by atoms with Gasteiger partial charge in [-0.3, -0.25) is 4.68 Å². The minimum atomic E-state index is 0.804. The molecule has 0 amide bonds. The second-order valence-corrected chi connectivity index (χ2v) is 6.48. The van der Waals surface area contributed by atoms with Gasteiger partial charge in [0.2, 0.25) is 0 Å². The van der Waals surface area contributed by atoms with Crippen LogP contribution in [0.2, 0.25) is 0 Å². The van der Waals surface area contributed by atoms with E-state index in [1.807, 2.05) is 6.20 Å². The van der Waals surface area contributed by atoms with Gasteiger partial charge in [0.15, 0.2) is 0 Å². The summed E-state index contributed by atoms with van der Waals surface area (Å²) in [5.74, 6) is 1.09. The van der Waals surface area contributed by atoms with Gasteiger partial charge in [0, 0.05) is 51.0 Å². The third-order valence-corrected chi connectivity index (χ3v) is 4.93. The minimum Gasteiger partial charge on any atom is -0.354 e. The van der Waals surface area contributed by atoms with E-state index in [-0.39, 0.29) is 0 Å². The standard InChI is InChI=1S/C17H24N6/c1-12-7-17(22-5-3-18-4-6-22)20-8-14(12)11-23-16-10-19-9-15(16)13(2)21-23/h7-8,18-19H,3-6,9-11H2,1-2H3. The van der Waals surface area contributed by atoms with Crippen LogP contribution < -0.4 is 15.5 Å². The summed E-state index contributed by atoms with van der Waals surface area (Å²) in [6, 6.07) is 2.22. The van der Waals surface area contributed by atoms with Gasteiger partial charge in [-0.1, -0.05) is 0 Å². The molecule has 122 valence electrons. The molecule has 0 unspecified atom stereocenters. The molecular weight excluding hydrogens is 288 g/mol. The number of hydrogen-bond acceptors (Lipinski definition) is 5. The number of aromatic nitrogens is 3. The first kappa shape index (κ1) is 14.7. The molecule has 2 aromatic heterocycles. The quantitative estimate of drug-likeness (QED) is 0.884. The summed E-state index contributed by atoms with van der Waals surface area (Å²) in [6.45, 7) is 11.1. The van der Waals surface area contributed by atoms with Crippen molar-refractivity contribution < 1.29 is 0 Å². The van der Waals surface area contributed by atoms with Gasteiger partial charge in [-0.05, 0) is 31.0 Å². The van der Waals surface area contributed by atoms with Crippen LogP contribution in [0.1, 0.15) is 28.1 Å². The second kappa shape index (κ2) is 5.94. The summed E-state index contributed by atoms with van der Waals surface area (Å²) in [5, 5.41) is 11.5. The summed E-state index contributed by atoms with van der Waals surface area (Å²) in [5.41, 5.74) is 6.39. The summed E-state index contributed by atoms with van der Waals surface area (Å²) < 4.78 is 2.14. The molecule has 0 aromatic carbocycles. The van der Waals surface area contributed by atoms with Crippen LogP contribution in [0.3, 0.4) is 0 Å². The zero-order chi connectivity index (χ0) is 15.8. The van der Waals surface area contributed by atoms with E-state index in [9.17, 15) is 0 Å². The van der Waals surface area contributed by atoms with Crippen LogP contribution in [0.4, 0.5) is 5.82 Å². The van der Waals surface area contributed by atoms with Crippen molar-refractivity contribution >= 4 is 5.82 Å². The fourth-order valence-corrected chi connectivity index (χ4v) is 3.49. The van der Waals surface area contributed by atoms with E-state index in [0.29, 0.717) is 0 Å². The highest BCUT2D eigenvalue weighted by atomic mass is 15.3. The Balaban J connectivity index is 1.57. The Kier molecular flexibility index (Phi) is 3.79. The maximum Gasteiger partial charge on any atom is 0.128 e. The number of anilines is 1. The molecule has 0 bridgehead atoms. The van der Waals surface area contributed by atoms with Crippen LogP contribution in [0.5, 0.6) is 0 Å². The molecular formula is C17H24N6. The molecule has 2 aliphatic heterocycles. The molecule has 1 saturated heterocycles. The van der Waals surface area contributed by atoms with Gasteiger partial charge in [-0.25, -0.2) is 4.98 Å². The number of pyridine rings is 1. The fourth-order valence-electron chi connectivity index (χ4n) is 3.49. The number of piperazine rings is 1. The van der Waals surface area contributed by atoms with Crippen LogP contribution in [0.25, 0.3) is 0 Å². The van der Waals surface area contributed by atoms with E-state index in [2.05, 4.69) is 40.1 Å². The van der Waals surface area contributed by atoms with Crippen molar-refractivity contribution in [1.29, 1.82) is 0 Å². The number of nitrogens with one attached hydrogen (secondary N) is 2. The molecule has 2 aromatic rings. The van der Waals surface area contributed by atoms with Gasteiger partial charge in [0.05, 0.1) is 17.9 Å². The van der Waals surface area contributed by atoms with Crippen LogP contribution >= 0.6 is 0 Å². The van der Waals surface area contributed by atoms with Crippen molar-refractivity contribution in [2.75, 3.05) is 31.1 Å². The van der Waals surface area contributed by atoms with Crippen molar-refractivity contribution in [3.05, 3.63) is 40.3 Å². The van der Waals surface area contributed by atoms with Crippen molar-refractivity contribution in [3.63, 3.8) is 0 Å². The van der Waals surface area contributed by atoms with E-state index in [1.165, 1.54) is 22.4 Å². The molecule has 23 heavy (non-hydrogen) atoms. The molecule has 4 rings (SSSR count). The lowest BCUT2D eigenvalue weighted by Gasteiger charge is -2.28. The van der Waals surface area contributed by atoms with Crippen molar-refractivity contribution in [2.24, 2.45) is 0 Å². The molecule has 0 saturated carbocycles. The first-order chi connectivity index (χ1) is 11.2. The average Bonchev–Trinajstić information content (AvgIpc) is 3.16. The smallest absolute Gasteiger partial charge is 0.128 e. The number of aryl methyl sites for hydroxylation is 2. The summed E-state index contributed by atoms with van der Waals surface area (Å²) in [7, 11) is 0. The Labute approximate surface area is 136 Å². The Morgan fingerprint density at radius 1 is 1.13 bits per heavy atom. The first-order valence-corrected chi connectivity index (χ1v) is 8.39. The molecule has 0 atom stereocenters. The number of hydrogen-bond donors (Lipinski definition) is 2. The highest BCUT2D eigenvalue weighted by molar-refractivity contribution is 5.44. The first-order valence-electron chi connectivity index (χ1n) is 8.39. The monoisotopic (exact) mass is 312 g/mol. The molecule has 4 heterocycles. The summed E-state index contributed by atoms with van der Waals surface area (Å²) in [4.78, 5) is 7.06. The SMILES string of the molecule is Cc1cc(N2CCNCC2)ncc1Cn1nc(C)c2c1CNC2. The van der Waals surface area contributed by atoms with Gasteiger partial charge >= 0.3 is 0 Å². The van der Waals surface area contributed by atoms with E-state index in [4.69, 9.17) is 10.1 Å². The van der Waals surface area contributed by atoms with Crippen LogP contribution in [-0.2, 0) is 19.6 Å². The maximum atomic E-state index is 4.71. The van der Waals surface area contributed by atoms with Gasteiger partial charge < -0.3 is 15.5 Å². The summed E-state index contributed by atoms with van der Waals surface area (Å²) in [6.07, 6.45) is 2.03. The van der Waals surface area contributed by atoms with E-state index < -0.39 is 0 Å². The molecule has 6 heteroatoms. The zero-order valence-electron chi connectivity index (χ0n) is 13.9. The fraction of sp³-hybridized carbons (Fsp3) is 0.529. The van der Waals surface area contributed by atoms with Gasteiger partial charge in [-0.2, -0.15) is 5.10 Å². The Hall–Kier alpha value is -1.92. The third kappa shape index (κ3) is 2.72. The van der Waals surface area contributed by atoms with Crippen LogP contribution in [0, 0.1) is 13.8 Å². The Bertz CT molecular complexity index is 714. The number of rotatable bonds is 3. The number of fused-ring (bicyclic) bond motifs is 1. The lowest BCUT2D eigenvalue weighted by Crippen LogP contribution is -2.43. The average molecular weight is 312 g/mol. The Morgan fingerprint density at radius 2 is 1.96 bits per heavy atom. The van der Waals surface area contributed by atoms with Gasteiger partial charge in [0.25, 0.3) is 0 Å². The van der Waals surface area contributed by atoms with Crippen molar-refractivity contribution in [3.8, 4) is 0 Å². The maximum absolute atomic E-state index is 4.71. The van der Waals surface area contributed by atoms with E-state index in [0.717, 1.165) is 57.3 Å². The molecule has 0 radical (unpaired) electrons. The predicted octanol–water partition coefficient (Wildman–Crippen LogP) is 0.956. The van der Waals surface area contributed by atoms with E-state index >= 15 is 0 Å². The van der Waals surface area contributed by atoms with Crippen LogP contribution in [0.15, 0.2) is 12.3 Å². The molecule has 2 N–H and O–H groups in total. The van der Waals surface area contributed by atoms with Crippen molar-refractivity contribution in [1.82, 2.24) is 25.4 Å². The molecule has 6 nitrogen and oxygen atoms in total. The molecule has 0 spiro atoms. The predicted molar refractivity (Wildman–Crippen MR) is 90.7 cm³/mol. The normalized spacial score (nSPS) is 17.6.